The Hall–Kier alpha value is -1.99. The van der Waals surface area contributed by atoms with Crippen LogP contribution >= 0.6 is 15.9 Å². The first-order valence-electron chi connectivity index (χ1n) is 6.99. The van der Waals surface area contributed by atoms with E-state index in [1.165, 1.54) is 12.8 Å². The Morgan fingerprint density at radius 2 is 1.86 bits per heavy atom. The van der Waals surface area contributed by atoms with Crippen LogP contribution in [0.4, 0.5) is 5.88 Å². The smallest absolute Gasteiger partial charge is 0.196 e. The fourth-order valence-electron chi connectivity index (χ4n) is 2.48. The highest BCUT2D eigenvalue weighted by atomic mass is 79.9. The summed E-state index contributed by atoms with van der Waals surface area (Å²) in [6.45, 7) is 2.10. The monoisotopic (exact) mass is 342 g/mol. The van der Waals surface area contributed by atoms with Crippen LogP contribution < -0.4 is 4.90 Å². The summed E-state index contributed by atoms with van der Waals surface area (Å²) >= 11 is 3.40. The number of hydrogen-bond donors (Lipinski definition) is 0. The van der Waals surface area contributed by atoms with E-state index in [4.69, 9.17) is 4.42 Å². The van der Waals surface area contributed by atoms with Crippen LogP contribution in [0.25, 0.3) is 11.6 Å². The third-order valence-corrected chi connectivity index (χ3v) is 4.12. The van der Waals surface area contributed by atoms with Crippen LogP contribution in [0.1, 0.15) is 24.2 Å². The van der Waals surface area contributed by atoms with E-state index in [2.05, 4.69) is 26.9 Å². The van der Waals surface area contributed by atoms with E-state index in [1.54, 1.807) is 6.08 Å². The molecular weight excluding hydrogens is 328 g/mol. The number of furan rings is 1. The molecule has 2 heterocycles. The molecule has 106 valence electrons. The fourth-order valence-corrected chi connectivity index (χ4v) is 2.74. The minimum atomic E-state index is 0.602. The van der Waals surface area contributed by atoms with Gasteiger partial charge in [0, 0.05) is 23.6 Å². The van der Waals surface area contributed by atoms with Crippen LogP contribution in [-0.2, 0) is 0 Å². The number of benzene rings is 1. The highest BCUT2D eigenvalue weighted by Crippen LogP contribution is 2.26. The molecule has 0 radical (unpaired) electrons. The van der Waals surface area contributed by atoms with E-state index >= 15 is 0 Å². The molecule has 2 aromatic rings. The summed E-state index contributed by atoms with van der Waals surface area (Å²) < 4.78 is 6.83. The van der Waals surface area contributed by atoms with Crippen molar-refractivity contribution in [2.24, 2.45) is 0 Å². The van der Waals surface area contributed by atoms with Gasteiger partial charge in [-0.25, -0.2) is 0 Å². The van der Waals surface area contributed by atoms with Crippen molar-refractivity contribution in [2.45, 2.75) is 12.8 Å². The molecule has 0 N–H and O–H groups in total. The van der Waals surface area contributed by atoms with Crippen molar-refractivity contribution >= 4 is 33.5 Å². The van der Waals surface area contributed by atoms with Crippen LogP contribution in [0, 0.1) is 11.3 Å². The molecule has 1 saturated heterocycles. The van der Waals surface area contributed by atoms with E-state index in [0.717, 1.165) is 34.8 Å². The van der Waals surface area contributed by atoms with Crippen LogP contribution in [-0.4, -0.2) is 13.1 Å². The highest BCUT2D eigenvalue weighted by Gasteiger charge is 2.15. The maximum absolute atomic E-state index is 9.35. The first-order valence-corrected chi connectivity index (χ1v) is 7.78. The standard InChI is InChI=1S/C17H15BrN2O/c18-15-5-3-13(4-6-15)14(12-19)11-16-7-8-17(21-16)20-9-1-2-10-20/h3-8,11H,1-2,9-10H2/b14-11-. The van der Waals surface area contributed by atoms with Gasteiger partial charge in [0.05, 0.1) is 11.6 Å². The van der Waals surface area contributed by atoms with E-state index in [9.17, 15) is 5.26 Å². The first-order chi connectivity index (χ1) is 10.3. The van der Waals surface area contributed by atoms with E-state index in [-0.39, 0.29) is 0 Å². The summed E-state index contributed by atoms with van der Waals surface area (Å²) in [5.74, 6) is 1.61. The predicted octanol–water partition coefficient (Wildman–Crippen LogP) is 4.71. The normalized spacial score (nSPS) is 15.2. The van der Waals surface area contributed by atoms with Gasteiger partial charge in [0.15, 0.2) is 5.88 Å². The topological polar surface area (TPSA) is 40.2 Å². The molecule has 0 bridgehead atoms. The van der Waals surface area contributed by atoms with E-state index in [1.807, 2.05) is 36.4 Å². The van der Waals surface area contributed by atoms with Crippen molar-refractivity contribution in [1.29, 1.82) is 5.26 Å². The molecule has 0 aliphatic carbocycles. The summed E-state index contributed by atoms with van der Waals surface area (Å²) in [5, 5.41) is 9.35. The Morgan fingerprint density at radius 3 is 2.52 bits per heavy atom. The van der Waals surface area contributed by atoms with Gasteiger partial charge in [-0.2, -0.15) is 5.26 Å². The SMILES string of the molecule is N#C/C(=C/c1ccc(N2CCCC2)o1)c1ccc(Br)cc1. The highest BCUT2D eigenvalue weighted by molar-refractivity contribution is 9.10. The van der Waals surface area contributed by atoms with Gasteiger partial charge >= 0.3 is 0 Å². The fraction of sp³-hybridized carbons (Fsp3) is 0.235. The molecule has 1 aromatic carbocycles. The quantitative estimate of drug-likeness (QED) is 0.758. The minimum Gasteiger partial charge on any atom is -0.441 e. The zero-order valence-corrected chi connectivity index (χ0v) is 13.1. The van der Waals surface area contributed by atoms with Crippen LogP contribution in [0.5, 0.6) is 0 Å². The van der Waals surface area contributed by atoms with Crippen LogP contribution in [0.15, 0.2) is 45.3 Å². The van der Waals surface area contributed by atoms with Gasteiger partial charge in [0.1, 0.15) is 5.76 Å². The van der Waals surface area contributed by atoms with Crippen LogP contribution in [0.2, 0.25) is 0 Å². The number of nitriles is 1. The zero-order valence-electron chi connectivity index (χ0n) is 11.6. The van der Waals surface area contributed by atoms with Crippen molar-refractivity contribution < 1.29 is 4.42 Å². The molecule has 0 unspecified atom stereocenters. The largest absolute Gasteiger partial charge is 0.441 e. The number of allylic oxidation sites excluding steroid dienone is 1. The van der Waals surface area contributed by atoms with Crippen molar-refractivity contribution in [3.8, 4) is 6.07 Å². The summed E-state index contributed by atoms with van der Waals surface area (Å²) in [6.07, 6.45) is 4.23. The Labute approximate surface area is 132 Å². The van der Waals surface area contributed by atoms with Crippen molar-refractivity contribution in [2.75, 3.05) is 18.0 Å². The molecule has 1 aliphatic heterocycles. The maximum atomic E-state index is 9.35. The molecule has 0 atom stereocenters. The lowest BCUT2D eigenvalue weighted by Gasteiger charge is -2.12. The third kappa shape index (κ3) is 3.20. The molecule has 21 heavy (non-hydrogen) atoms. The summed E-state index contributed by atoms with van der Waals surface area (Å²) in [6, 6.07) is 13.8. The third-order valence-electron chi connectivity index (χ3n) is 3.59. The Kier molecular flexibility index (Phi) is 4.12. The number of hydrogen-bond acceptors (Lipinski definition) is 3. The van der Waals surface area contributed by atoms with Gasteiger partial charge in [-0.05, 0) is 42.7 Å². The van der Waals surface area contributed by atoms with Gasteiger partial charge in [0.2, 0.25) is 0 Å². The number of rotatable bonds is 3. The molecule has 0 saturated carbocycles. The lowest BCUT2D eigenvalue weighted by atomic mass is 10.1. The average molecular weight is 343 g/mol. The van der Waals surface area contributed by atoms with Gasteiger partial charge in [-0.3, -0.25) is 0 Å². The Morgan fingerprint density at radius 1 is 1.14 bits per heavy atom. The molecule has 1 fully saturated rings. The second-order valence-corrected chi connectivity index (χ2v) is 5.96. The van der Waals surface area contributed by atoms with Gasteiger partial charge < -0.3 is 9.32 Å². The Bertz CT molecular complexity index is 688. The molecule has 3 rings (SSSR count). The molecule has 0 spiro atoms. The maximum Gasteiger partial charge on any atom is 0.196 e. The van der Waals surface area contributed by atoms with Crippen molar-refractivity contribution in [1.82, 2.24) is 0 Å². The van der Waals surface area contributed by atoms with Crippen molar-refractivity contribution in [3.63, 3.8) is 0 Å². The molecule has 0 amide bonds. The van der Waals surface area contributed by atoms with Gasteiger partial charge in [-0.1, -0.05) is 28.1 Å². The lowest BCUT2D eigenvalue weighted by molar-refractivity contribution is 0.548. The lowest BCUT2D eigenvalue weighted by Crippen LogP contribution is -2.16. The molecule has 4 heteroatoms. The summed E-state index contributed by atoms with van der Waals surface area (Å²) in [4.78, 5) is 2.24. The Balaban J connectivity index is 1.85. The number of nitrogens with zero attached hydrogens (tertiary/aromatic N) is 2. The minimum absolute atomic E-state index is 0.602. The first kappa shape index (κ1) is 14.0. The summed E-state index contributed by atoms with van der Waals surface area (Å²) in [5.41, 5.74) is 1.49. The van der Waals surface area contributed by atoms with E-state index < -0.39 is 0 Å². The number of anilines is 1. The average Bonchev–Trinajstić information content (AvgIpc) is 3.17. The summed E-state index contributed by atoms with van der Waals surface area (Å²) in [7, 11) is 0. The van der Waals surface area contributed by atoms with Gasteiger partial charge in [0.25, 0.3) is 0 Å². The second-order valence-electron chi connectivity index (χ2n) is 5.05. The van der Waals surface area contributed by atoms with Crippen molar-refractivity contribution in [3.05, 3.63) is 52.2 Å². The van der Waals surface area contributed by atoms with Crippen LogP contribution in [0.3, 0.4) is 0 Å². The zero-order chi connectivity index (χ0) is 14.7. The molecule has 1 aliphatic rings. The second kappa shape index (κ2) is 6.19. The molecule has 3 nitrogen and oxygen atoms in total. The predicted molar refractivity (Wildman–Crippen MR) is 87.8 cm³/mol. The van der Waals surface area contributed by atoms with E-state index in [0.29, 0.717) is 5.57 Å². The number of halogens is 1. The van der Waals surface area contributed by atoms with Gasteiger partial charge in [-0.15, -0.1) is 0 Å². The molecular formula is C17H15BrN2O. The molecule has 1 aromatic heterocycles.